The molecule has 5 heteroatoms. The smallest absolute Gasteiger partial charge is 0.457 e. The van der Waals surface area contributed by atoms with E-state index in [4.69, 9.17) is 4.74 Å². The van der Waals surface area contributed by atoms with Crippen molar-refractivity contribution in [3.63, 3.8) is 0 Å². The molecule has 0 spiro atoms. The molecule has 26 heavy (non-hydrogen) atoms. The zero-order valence-corrected chi connectivity index (χ0v) is 16.0. The molecular weight excluding hydrogens is 347 g/mol. The van der Waals surface area contributed by atoms with Crippen LogP contribution >= 0.6 is 8.03 Å². The highest BCUT2D eigenvalue weighted by Gasteiger charge is 2.56. The Balaban J connectivity index is 2.14. The van der Waals surface area contributed by atoms with Gasteiger partial charge in [-0.05, 0) is 28.5 Å². The van der Waals surface area contributed by atoms with Gasteiger partial charge in [0, 0.05) is 12.8 Å². The van der Waals surface area contributed by atoms with E-state index in [-0.39, 0.29) is 6.61 Å². The van der Waals surface area contributed by atoms with Crippen LogP contribution in [-0.2, 0) is 27.1 Å². The van der Waals surface area contributed by atoms with Gasteiger partial charge in [0.05, 0.1) is 0 Å². The van der Waals surface area contributed by atoms with Crippen molar-refractivity contribution in [3.8, 4) is 0 Å². The van der Waals surface area contributed by atoms with Crippen molar-refractivity contribution in [3.05, 3.63) is 71.8 Å². The third-order valence-electron chi connectivity index (χ3n) is 4.57. The van der Waals surface area contributed by atoms with Gasteiger partial charge >= 0.3 is 14.0 Å². The molecule has 0 aromatic heterocycles. The minimum atomic E-state index is -2.70. The molecule has 2 aromatic rings. The van der Waals surface area contributed by atoms with E-state index in [0.717, 1.165) is 17.5 Å². The van der Waals surface area contributed by atoms with Crippen LogP contribution in [0.2, 0.25) is 0 Å². The second-order valence-electron chi connectivity index (χ2n) is 6.46. The van der Waals surface area contributed by atoms with Crippen LogP contribution in [0.15, 0.2) is 60.7 Å². The van der Waals surface area contributed by atoms with Crippen LogP contribution in [0.4, 0.5) is 0 Å². The molecular formula is C21H26O4P+. The molecule has 2 aromatic carbocycles. The van der Waals surface area contributed by atoms with Gasteiger partial charge in [0.1, 0.15) is 6.61 Å². The van der Waals surface area contributed by atoms with E-state index in [1.54, 1.807) is 0 Å². The topological polar surface area (TPSA) is 63.6 Å². The lowest BCUT2D eigenvalue weighted by molar-refractivity contribution is -0.149. The highest BCUT2D eigenvalue weighted by molar-refractivity contribution is 7.41. The van der Waals surface area contributed by atoms with Gasteiger partial charge in [-0.15, -0.1) is 0 Å². The maximum atomic E-state index is 12.8. The van der Waals surface area contributed by atoms with Crippen molar-refractivity contribution < 1.29 is 19.0 Å². The minimum absolute atomic E-state index is 0.113. The predicted molar refractivity (Wildman–Crippen MR) is 103 cm³/mol. The summed E-state index contributed by atoms with van der Waals surface area (Å²) in [6.07, 6.45) is 2.78. The number of ether oxygens (including phenoxy) is 1. The van der Waals surface area contributed by atoms with E-state index < -0.39 is 19.2 Å². The van der Waals surface area contributed by atoms with E-state index in [1.807, 2.05) is 67.6 Å². The van der Waals surface area contributed by atoms with E-state index in [2.05, 4.69) is 0 Å². The first-order valence-corrected chi connectivity index (χ1v) is 10.2. The van der Waals surface area contributed by atoms with Gasteiger partial charge < -0.3 is 4.74 Å². The number of rotatable bonds is 10. The fourth-order valence-electron chi connectivity index (χ4n) is 2.92. The molecule has 2 atom stereocenters. The zero-order chi connectivity index (χ0) is 18.8. The van der Waals surface area contributed by atoms with Crippen molar-refractivity contribution >= 4 is 14.0 Å². The maximum absolute atomic E-state index is 12.8. The first kappa shape index (κ1) is 20.3. The summed E-state index contributed by atoms with van der Waals surface area (Å²) < 4.78 is 17.7. The lowest BCUT2D eigenvalue weighted by Crippen LogP contribution is -2.37. The standard InChI is InChI=1S/C21H25O4P/c1-2-3-15-21(26(23)24,16-14-18-10-6-4-7-11-18)20(22)25-17-19-12-8-5-9-13-19/h4-13H,2-3,14-17H2,1H3/p+1. The zero-order valence-electron chi connectivity index (χ0n) is 15.1. The van der Waals surface area contributed by atoms with E-state index in [9.17, 15) is 14.3 Å². The summed E-state index contributed by atoms with van der Waals surface area (Å²) in [5.41, 5.74) is 1.91. The Morgan fingerprint density at radius 3 is 2.12 bits per heavy atom. The largest absolute Gasteiger partial charge is 0.523 e. The van der Waals surface area contributed by atoms with Crippen LogP contribution in [0.3, 0.4) is 0 Å². The second kappa shape index (κ2) is 10.2. The Bertz CT molecular complexity index is 702. The molecule has 4 nitrogen and oxygen atoms in total. The summed E-state index contributed by atoms with van der Waals surface area (Å²) in [7, 11) is -2.70. The molecule has 0 heterocycles. The molecule has 0 aliphatic rings. The molecule has 138 valence electrons. The maximum Gasteiger partial charge on any atom is 0.523 e. The van der Waals surface area contributed by atoms with Crippen molar-refractivity contribution in [2.24, 2.45) is 0 Å². The summed E-state index contributed by atoms with van der Waals surface area (Å²) in [5.74, 6) is -0.575. The Hall–Kier alpha value is -2.03. The number of hydrogen-bond donors (Lipinski definition) is 1. The molecule has 0 aliphatic carbocycles. The van der Waals surface area contributed by atoms with E-state index in [0.29, 0.717) is 25.7 Å². The third kappa shape index (κ3) is 5.48. The molecule has 0 amide bonds. The minimum Gasteiger partial charge on any atom is -0.457 e. The van der Waals surface area contributed by atoms with Crippen LogP contribution < -0.4 is 0 Å². The van der Waals surface area contributed by atoms with Gasteiger partial charge in [0.15, 0.2) is 0 Å². The number of hydrogen-bond acceptors (Lipinski definition) is 3. The first-order valence-electron chi connectivity index (χ1n) is 9.00. The summed E-state index contributed by atoms with van der Waals surface area (Å²) in [5, 5.41) is -1.35. The lowest BCUT2D eigenvalue weighted by atomic mass is 9.93. The van der Waals surface area contributed by atoms with Crippen LogP contribution in [0, 0.1) is 0 Å². The average molecular weight is 373 g/mol. The van der Waals surface area contributed by atoms with Crippen LogP contribution in [0.25, 0.3) is 0 Å². The molecule has 0 saturated heterocycles. The third-order valence-corrected chi connectivity index (χ3v) is 5.93. The molecule has 0 fully saturated rings. The predicted octanol–water partition coefficient (Wildman–Crippen LogP) is 5.03. The SMILES string of the molecule is CCCCC(CCc1ccccc1)(C(=O)OCc1ccccc1)[P+](=O)O. The second-order valence-corrected chi connectivity index (χ2v) is 7.86. The number of aryl methyl sites for hydroxylation is 1. The molecule has 2 unspecified atom stereocenters. The average Bonchev–Trinajstić information content (AvgIpc) is 2.68. The number of unbranched alkanes of at least 4 members (excludes halogenated alkanes) is 1. The highest BCUT2D eigenvalue weighted by atomic mass is 31.1. The van der Waals surface area contributed by atoms with Gasteiger partial charge in [-0.25, -0.2) is 4.79 Å². The van der Waals surface area contributed by atoms with Gasteiger partial charge in [-0.2, -0.15) is 4.89 Å². The normalized spacial score (nSPS) is 13.7. The van der Waals surface area contributed by atoms with E-state index in [1.165, 1.54) is 0 Å². The molecule has 1 N–H and O–H groups in total. The Morgan fingerprint density at radius 1 is 1.00 bits per heavy atom. The van der Waals surface area contributed by atoms with Crippen molar-refractivity contribution in [1.29, 1.82) is 0 Å². The Labute approximate surface area is 156 Å². The fraction of sp³-hybridized carbons (Fsp3) is 0.381. The number of carbonyl (C=O) groups excluding carboxylic acids is 1. The van der Waals surface area contributed by atoms with Crippen molar-refractivity contribution in [1.82, 2.24) is 0 Å². The van der Waals surface area contributed by atoms with Gasteiger partial charge in [-0.1, -0.05) is 74.0 Å². The molecule has 0 aliphatic heterocycles. The fourth-order valence-corrected chi connectivity index (χ4v) is 3.79. The Morgan fingerprint density at radius 2 is 1.58 bits per heavy atom. The van der Waals surface area contributed by atoms with Crippen LogP contribution in [0.5, 0.6) is 0 Å². The first-order chi connectivity index (χ1) is 12.6. The van der Waals surface area contributed by atoms with Crippen LogP contribution in [0.1, 0.15) is 43.7 Å². The number of benzene rings is 2. The monoisotopic (exact) mass is 373 g/mol. The van der Waals surface area contributed by atoms with Gasteiger partial charge in [0.25, 0.3) is 5.16 Å². The molecule has 0 bridgehead atoms. The summed E-state index contributed by atoms with van der Waals surface area (Å²) in [4.78, 5) is 22.9. The molecule has 0 radical (unpaired) electrons. The number of esters is 1. The molecule has 0 saturated carbocycles. The summed E-state index contributed by atoms with van der Waals surface area (Å²) in [6, 6.07) is 19.1. The van der Waals surface area contributed by atoms with Crippen molar-refractivity contribution in [2.45, 2.75) is 50.8 Å². The van der Waals surface area contributed by atoms with E-state index >= 15 is 0 Å². The molecule has 2 rings (SSSR count). The van der Waals surface area contributed by atoms with Crippen molar-refractivity contribution in [2.75, 3.05) is 0 Å². The summed E-state index contributed by atoms with van der Waals surface area (Å²) in [6.45, 7) is 2.11. The van der Waals surface area contributed by atoms with Crippen LogP contribution in [-0.4, -0.2) is 16.0 Å². The highest BCUT2D eigenvalue weighted by Crippen LogP contribution is 2.44. The van der Waals surface area contributed by atoms with Gasteiger partial charge in [0.2, 0.25) is 0 Å². The number of carbonyl (C=O) groups is 1. The quantitative estimate of drug-likeness (QED) is 0.469. The lowest BCUT2D eigenvalue weighted by Gasteiger charge is -2.20. The summed E-state index contributed by atoms with van der Waals surface area (Å²) >= 11 is 0. The Kier molecular flexibility index (Phi) is 7.96. The van der Waals surface area contributed by atoms with Gasteiger partial charge in [-0.3, -0.25) is 0 Å².